The van der Waals surface area contributed by atoms with Crippen molar-refractivity contribution < 1.29 is 19.1 Å². The van der Waals surface area contributed by atoms with Crippen molar-refractivity contribution in [1.29, 1.82) is 0 Å². The summed E-state index contributed by atoms with van der Waals surface area (Å²) in [4.78, 5) is 45.5. The largest absolute Gasteiger partial charge is 0.497 e. The van der Waals surface area contributed by atoms with Gasteiger partial charge in [-0.15, -0.1) is 0 Å². The second kappa shape index (κ2) is 11.9. The van der Waals surface area contributed by atoms with E-state index >= 15 is 0 Å². The Balaban J connectivity index is 1.81. The molecule has 41 heavy (non-hydrogen) atoms. The molecule has 4 unspecified atom stereocenters. The molecule has 2 aliphatic heterocycles. The number of methoxy groups -OCH3 is 1. The Hall–Kier alpha value is -3.93. The molecule has 0 radical (unpaired) electrons. The Bertz CT molecular complexity index is 1400. The zero-order valence-corrected chi connectivity index (χ0v) is 24.4. The summed E-state index contributed by atoms with van der Waals surface area (Å²) in [5, 5.41) is 3.08. The Kier molecular flexibility index (Phi) is 8.30. The first kappa shape index (κ1) is 28.6. The number of ketones is 1. The minimum atomic E-state index is -1.46. The number of nitrogens with one attached hydrogen (secondary N) is 1. The summed E-state index contributed by atoms with van der Waals surface area (Å²) in [6.45, 7) is 6.37. The Morgan fingerprint density at radius 2 is 1.63 bits per heavy atom. The predicted octanol–water partition coefficient (Wildman–Crippen LogP) is 6.96. The van der Waals surface area contributed by atoms with Gasteiger partial charge >= 0.3 is 0 Å². The van der Waals surface area contributed by atoms with E-state index in [1.165, 1.54) is 0 Å². The number of rotatable bonds is 10. The standard InChI is InChI=1S/C35H40N2O4/c1-5-6-8-17-30(38)37-29(22-23(2)3)31(24-18-20-26(41-4)21-19-24)32(33(39)25-13-9-7-10-14-25)35(37)27-15-11-12-16-28(27)36-34(35)40/h7,9-16,18-21,23,29,31-32H,5-6,8,17,22H2,1-4H3,(H,36,40). The van der Waals surface area contributed by atoms with Gasteiger partial charge in [0.25, 0.3) is 5.91 Å². The number of carbonyl (C=O) groups is 3. The SMILES string of the molecule is CCCCCC(=O)N1C(CC(C)C)C(c2ccc(OC)cc2)C(C(=O)c2ccccc2)C12C(=O)Nc1ccccc12. The van der Waals surface area contributed by atoms with Crippen LogP contribution in [-0.4, -0.2) is 35.6 Å². The van der Waals surface area contributed by atoms with Crippen molar-refractivity contribution in [3.63, 3.8) is 0 Å². The average molecular weight is 553 g/mol. The Labute approximate surface area is 243 Å². The maximum absolute atomic E-state index is 14.8. The smallest absolute Gasteiger partial charge is 0.255 e. The monoisotopic (exact) mass is 552 g/mol. The van der Waals surface area contributed by atoms with Crippen LogP contribution in [0.2, 0.25) is 0 Å². The van der Waals surface area contributed by atoms with Crippen LogP contribution in [0.4, 0.5) is 5.69 Å². The van der Waals surface area contributed by atoms with Gasteiger partial charge in [-0.2, -0.15) is 0 Å². The number of unbranched alkanes of at least 4 members (excludes halogenated alkanes) is 2. The lowest BCUT2D eigenvalue weighted by atomic mass is 9.69. The Morgan fingerprint density at radius 3 is 2.29 bits per heavy atom. The van der Waals surface area contributed by atoms with E-state index in [2.05, 4.69) is 26.1 Å². The molecule has 2 heterocycles. The molecule has 214 valence electrons. The highest BCUT2D eigenvalue weighted by Gasteiger charge is 2.69. The predicted molar refractivity (Wildman–Crippen MR) is 161 cm³/mol. The lowest BCUT2D eigenvalue weighted by Crippen LogP contribution is -2.56. The van der Waals surface area contributed by atoms with E-state index in [9.17, 15) is 14.4 Å². The number of Topliss-reactive ketones (excluding diaryl/α,β-unsaturated/α-hetero) is 1. The third-order valence-electron chi connectivity index (χ3n) is 8.68. The topological polar surface area (TPSA) is 75.7 Å². The number of likely N-dealkylation sites (tertiary alicyclic amines) is 1. The molecule has 0 saturated carbocycles. The van der Waals surface area contributed by atoms with E-state index in [1.807, 2.05) is 83.8 Å². The number of carbonyl (C=O) groups excluding carboxylic acids is 3. The molecule has 6 heteroatoms. The first-order valence-electron chi connectivity index (χ1n) is 14.8. The zero-order valence-electron chi connectivity index (χ0n) is 24.4. The third kappa shape index (κ3) is 4.94. The van der Waals surface area contributed by atoms with Gasteiger partial charge in [0.2, 0.25) is 5.91 Å². The zero-order chi connectivity index (χ0) is 29.1. The summed E-state index contributed by atoms with van der Waals surface area (Å²) in [7, 11) is 1.62. The normalized spacial score (nSPS) is 23.1. The van der Waals surface area contributed by atoms with Crippen LogP contribution in [0, 0.1) is 11.8 Å². The molecule has 5 rings (SSSR count). The highest BCUT2D eigenvalue weighted by atomic mass is 16.5. The van der Waals surface area contributed by atoms with Crippen molar-refractivity contribution in [2.75, 3.05) is 12.4 Å². The van der Waals surface area contributed by atoms with Crippen LogP contribution in [-0.2, 0) is 15.1 Å². The molecular weight excluding hydrogens is 512 g/mol. The van der Waals surface area contributed by atoms with Crippen LogP contribution in [0.1, 0.15) is 80.3 Å². The number of para-hydroxylation sites is 1. The van der Waals surface area contributed by atoms with Gasteiger partial charge in [-0.1, -0.05) is 94.3 Å². The van der Waals surface area contributed by atoms with Crippen LogP contribution in [0.5, 0.6) is 5.75 Å². The highest BCUT2D eigenvalue weighted by molar-refractivity contribution is 6.14. The van der Waals surface area contributed by atoms with E-state index < -0.39 is 17.4 Å². The quantitative estimate of drug-likeness (QED) is 0.218. The number of nitrogens with zero attached hydrogens (tertiary/aromatic N) is 1. The summed E-state index contributed by atoms with van der Waals surface area (Å²) in [6, 6.07) is 24.1. The maximum Gasteiger partial charge on any atom is 0.255 e. The van der Waals surface area contributed by atoms with Gasteiger partial charge in [0, 0.05) is 35.2 Å². The molecule has 0 aliphatic carbocycles. The molecule has 3 aromatic carbocycles. The second-order valence-corrected chi connectivity index (χ2v) is 11.7. The number of hydrogen-bond donors (Lipinski definition) is 1. The molecular formula is C35H40N2O4. The first-order valence-corrected chi connectivity index (χ1v) is 14.8. The molecule has 4 atom stereocenters. The van der Waals surface area contributed by atoms with Crippen molar-refractivity contribution in [2.24, 2.45) is 11.8 Å². The summed E-state index contributed by atoms with van der Waals surface area (Å²) >= 11 is 0. The van der Waals surface area contributed by atoms with Gasteiger partial charge in [0.15, 0.2) is 11.3 Å². The van der Waals surface area contributed by atoms with Crippen LogP contribution in [0.15, 0.2) is 78.9 Å². The molecule has 1 fully saturated rings. The fourth-order valence-electron chi connectivity index (χ4n) is 7.01. The molecule has 1 spiro atoms. The molecule has 6 nitrogen and oxygen atoms in total. The van der Waals surface area contributed by atoms with Gasteiger partial charge < -0.3 is 15.0 Å². The number of anilines is 1. The molecule has 3 aromatic rings. The van der Waals surface area contributed by atoms with E-state index in [-0.39, 0.29) is 29.6 Å². The van der Waals surface area contributed by atoms with E-state index in [0.29, 0.717) is 35.4 Å². The minimum absolute atomic E-state index is 0.0715. The van der Waals surface area contributed by atoms with Crippen molar-refractivity contribution in [1.82, 2.24) is 4.90 Å². The van der Waals surface area contributed by atoms with Gasteiger partial charge in [-0.3, -0.25) is 14.4 Å². The lowest BCUT2D eigenvalue weighted by Gasteiger charge is -2.39. The average Bonchev–Trinajstić information content (AvgIpc) is 3.44. The molecule has 2 amide bonds. The molecule has 0 bridgehead atoms. The second-order valence-electron chi connectivity index (χ2n) is 11.7. The fourth-order valence-corrected chi connectivity index (χ4v) is 7.01. The van der Waals surface area contributed by atoms with Gasteiger partial charge in [-0.05, 0) is 42.5 Å². The van der Waals surface area contributed by atoms with Crippen LogP contribution < -0.4 is 10.1 Å². The van der Waals surface area contributed by atoms with Crippen molar-refractivity contribution in [3.05, 3.63) is 95.6 Å². The Morgan fingerprint density at radius 1 is 0.951 bits per heavy atom. The third-order valence-corrected chi connectivity index (χ3v) is 8.68. The number of hydrogen-bond acceptors (Lipinski definition) is 4. The molecule has 0 aromatic heterocycles. The fraction of sp³-hybridized carbons (Fsp3) is 0.400. The maximum atomic E-state index is 14.8. The van der Waals surface area contributed by atoms with Gasteiger partial charge in [0.05, 0.1) is 13.0 Å². The molecule has 1 N–H and O–H groups in total. The van der Waals surface area contributed by atoms with Crippen LogP contribution >= 0.6 is 0 Å². The van der Waals surface area contributed by atoms with Crippen molar-refractivity contribution >= 4 is 23.3 Å². The first-order chi connectivity index (χ1) is 19.8. The summed E-state index contributed by atoms with van der Waals surface area (Å²) < 4.78 is 5.44. The summed E-state index contributed by atoms with van der Waals surface area (Å²) in [6.07, 6.45) is 3.65. The van der Waals surface area contributed by atoms with Gasteiger partial charge in [0.1, 0.15) is 5.75 Å². The van der Waals surface area contributed by atoms with Crippen molar-refractivity contribution in [3.8, 4) is 5.75 Å². The number of ether oxygens (including phenoxy) is 1. The molecule has 1 saturated heterocycles. The number of fused-ring (bicyclic) bond motifs is 2. The number of amides is 2. The van der Waals surface area contributed by atoms with E-state index in [1.54, 1.807) is 7.11 Å². The van der Waals surface area contributed by atoms with Gasteiger partial charge in [-0.25, -0.2) is 0 Å². The number of benzene rings is 3. The minimum Gasteiger partial charge on any atom is -0.497 e. The summed E-state index contributed by atoms with van der Waals surface area (Å²) in [5.41, 5.74) is 1.36. The van der Waals surface area contributed by atoms with Crippen LogP contribution in [0.3, 0.4) is 0 Å². The summed E-state index contributed by atoms with van der Waals surface area (Å²) in [5.74, 6) is -0.780. The van der Waals surface area contributed by atoms with Crippen LogP contribution in [0.25, 0.3) is 0 Å². The highest BCUT2D eigenvalue weighted by Crippen LogP contribution is 2.60. The van der Waals surface area contributed by atoms with E-state index in [4.69, 9.17) is 4.74 Å². The molecule has 2 aliphatic rings. The van der Waals surface area contributed by atoms with Crippen molar-refractivity contribution in [2.45, 2.75) is 70.4 Å². The lowest BCUT2D eigenvalue weighted by molar-refractivity contribution is -0.146. The van der Waals surface area contributed by atoms with E-state index in [0.717, 1.165) is 24.8 Å².